The number of carbonyl (C=O) groups is 2. The minimum atomic E-state index is -0.331. The van der Waals surface area contributed by atoms with Crippen LogP contribution in [0.3, 0.4) is 0 Å². The van der Waals surface area contributed by atoms with Gasteiger partial charge in [-0.05, 0) is 83.8 Å². The zero-order valence-corrected chi connectivity index (χ0v) is 23.3. The van der Waals surface area contributed by atoms with E-state index in [0.717, 1.165) is 28.0 Å². The summed E-state index contributed by atoms with van der Waals surface area (Å²) < 4.78 is 10.9. The number of anilines is 1. The standard InChI is InChI=1S/C35H31N3O4/c1-2-41-34(39)30-16-14-29(15-17-30)28-12-10-26(11-13-28)24-38(25-27-7-6-22-36-23-27)35(40)37-31-18-20-33(21-19-31)42-32-8-4-3-5-9-32/h3-23H,2,24-25H2,1H3,(H,37,40). The maximum Gasteiger partial charge on any atom is 0.338 e. The van der Waals surface area contributed by atoms with Gasteiger partial charge in [0, 0.05) is 31.2 Å². The first-order valence-corrected chi connectivity index (χ1v) is 13.7. The molecule has 0 fully saturated rings. The Labute approximate surface area is 245 Å². The minimum Gasteiger partial charge on any atom is -0.462 e. The van der Waals surface area contributed by atoms with Crippen molar-refractivity contribution < 1.29 is 19.1 Å². The molecule has 1 N–H and O–H groups in total. The van der Waals surface area contributed by atoms with Crippen molar-refractivity contribution in [2.45, 2.75) is 20.0 Å². The van der Waals surface area contributed by atoms with E-state index in [1.54, 1.807) is 36.4 Å². The highest BCUT2D eigenvalue weighted by Crippen LogP contribution is 2.24. The molecule has 5 rings (SSSR count). The van der Waals surface area contributed by atoms with Gasteiger partial charge >= 0.3 is 12.0 Å². The number of rotatable bonds is 10. The van der Waals surface area contributed by atoms with Crippen molar-refractivity contribution in [3.63, 3.8) is 0 Å². The van der Waals surface area contributed by atoms with Crippen LogP contribution in [0.1, 0.15) is 28.4 Å². The molecule has 42 heavy (non-hydrogen) atoms. The normalized spacial score (nSPS) is 10.5. The van der Waals surface area contributed by atoms with Gasteiger partial charge in [-0.25, -0.2) is 9.59 Å². The third-order valence-electron chi connectivity index (χ3n) is 6.52. The first kappa shape index (κ1) is 28.1. The van der Waals surface area contributed by atoms with E-state index in [0.29, 0.717) is 36.7 Å². The zero-order chi connectivity index (χ0) is 29.1. The smallest absolute Gasteiger partial charge is 0.338 e. The Hall–Kier alpha value is -5.43. The molecule has 7 heteroatoms. The lowest BCUT2D eigenvalue weighted by Crippen LogP contribution is -2.34. The number of carbonyl (C=O) groups excluding carboxylic acids is 2. The fraction of sp³-hybridized carbons (Fsp3) is 0.114. The summed E-state index contributed by atoms with van der Waals surface area (Å²) in [5.41, 5.74) is 5.09. The van der Waals surface area contributed by atoms with Crippen molar-refractivity contribution >= 4 is 17.7 Å². The number of benzene rings is 4. The molecule has 0 aliphatic heterocycles. The molecule has 0 spiro atoms. The van der Waals surface area contributed by atoms with Crippen LogP contribution in [0.25, 0.3) is 11.1 Å². The van der Waals surface area contributed by atoms with Crippen LogP contribution in [0.5, 0.6) is 11.5 Å². The first-order valence-electron chi connectivity index (χ1n) is 13.7. The molecule has 1 aromatic heterocycles. The summed E-state index contributed by atoms with van der Waals surface area (Å²) in [6.45, 7) is 2.92. The van der Waals surface area contributed by atoms with Crippen molar-refractivity contribution in [2.75, 3.05) is 11.9 Å². The number of nitrogens with zero attached hydrogens (tertiary/aromatic N) is 2. The average molecular weight is 558 g/mol. The van der Waals surface area contributed by atoms with E-state index in [1.165, 1.54) is 0 Å². The molecule has 2 amide bonds. The van der Waals surface area contributed by atoms with Crippen molar-refractivity contribution in [2.24, 2.45) is 0 Å². The fourth-order valence-corrected chi connectivity index (χ4v) is 4.38. The van der Waals surface area contributed by atoms with Crippen LogP contribution in [0.2, 0.25) is 0 Å². The second kappa shape index (κ2) is 13.8. The van der Waals surface area contributed by atoms with Crippen LogP contribution in [0, 0.1) is 0 Å². The molecule has 1 heterocycles. The van der Waals surface area contributed by atoms with Gasteiger partial charge in [0.2, 0.25) is 0 Å². The van der Waals surface area contributed by atoms with Crippen LogP contribution in [-0.4, -0.2) is 28.5 Å². The zero-order valence-electron chi connectivity index (χ0n) is 23.3. The van der Waals surface area contributed by atoms with E-state index in [1.807, 2.05) is 103 Å². The summed E-state index contributed by atoms with van der Waals surface area (Å²) in [6.07, 6.45) is 3.48. The number of aromatic nitrogens is 1. The van der Waals surface area contributed by atoms with Gasteiger partial charge in [-0.1, -0.05) is 60.7 Å². The first-order chi connectivity index (χ1) is 20.6. The Balaban J connectivity index is 1.27. The van der Waals surface area contributed by atoms with Gasteiger partial charge in [0.05, 0.1) is 12.2 Å². The van der Waals surface area contributed by atoms with Crippen molar-refractivity contribution in [3.8, 4) is 22.6 Å². The minimum absolute atomic E-state index is 0.228. The lowest BCUT2D eigenvalue weighted by atomic mass is 10.0. The predicted octanol–water partition coefficient (Wildman–Crippen LogP) is 7.95. The molecule has 7 nitrogen and oxygen atoms in total. The highest BCUT2D eigenvalue weighted by Gasteiger charge is 2.16. The lowest BCUT2D eigenvalue weighted by molar-refractivity contribution is 0.0526. The Kier molecular flexibility index (Phi) is 9.21. The van der Waals surface area contributed by atoms with Crippen LogP contribution in [0.15, 0.2) is 128 Å². The Bertz CT molecular complexity index is 1590. The number of para-hydroxylation sites is 1. The molecular weight excluding hydrogens is 526 g/mol. The maximum absolute atomic E-state index is 13.4. The van der Waals surface area contributed by atoms with E-state index in [9.17, 15) is 9.59 Å². The van der Waals surface area contributed by atoms with E-state index in [4.69, 9.17) is 9.47 Å². The molecule has 0 aliphatic carbocycles. The number of hydrogen-bond donors (Lipinski definition) is 1. The quantitative estimate of drug-likeness (QED) is 0.176. The molecule has 5 aromatic rings. The van der Waals surface area contributed by atoms with Gasteiger partial charge in [-0.2, -0.15) is 0 Å². The molecule has 210 valence electrons. The average Bonchev–Trinajstić information content (AvgIpc) is 3.03. The lowest BCUT2D eigenvalue weighted by Gasteiger charge is -2.23. The van der Waals surface area contributed by atoms with Gasteiger partial charge in [0.25, 0.3) is 0 Å². The van der Waals surface area contributed by atoms with Gasteiger partial charge in [-0.15, -0.1) is 0 Å². The molecule has 0 atom stereocenters. The number of hydrogen-bond acceptors (Lipinski definition) is 5. The maximum atomic E-state index is 13.4. The number of urea groups is 1. The molecule has 4 aromatic carbocycles. The number of pyridine rings is 1. The SMILES string of the molecule is CCOC(=O)c1ccc(-c2ccc(CN(Cc3cccnc3)C(=O)Nc3ccc(Oc4ccccc4)cc3)cc2)cc1. The predicted molar refractivity (Wildman–Crippen MR) is 163 cm³/mol. The number of esters is 1. The monoisotopic (exact) mass is 557 g/mol. The number of ether oxygens (including phenoxy) is 2. The summed E-state index contributed by atoms with van der Waals surface area (Å²) >= 11 is 0. The van der Waals surface area contributed by atoms with Crippen molar-refractivity contribution in [1.29, 1.82) is 0 Å². The third-order valence-corrected chi connectivity index (χ3v) is 6.52. The van der Waals surface area contributed by atoms with Gasteiger partial charge in [-0.3, -0.25) is 4.98 Å². The summed E-state index contributed by atoms with van der Waals surface area (Å²) in [7, 11) is 0. The second-order valence-corrected chi connectivity index (χ2v) is 9.58. The second-order valence-electron chi connectivity index (χ2n) is 9.58. The highest BCUT2D eigenvalue weighted by molar-refractivity contribution is 5.90. The van der Waals surface area contributed by atoms with E-state index in [2.05, 4.69) is 10.3 Å². The summed E-state index contributed by atoms with van der Waals surface area (Å²) in [6, 6.07) is 35.8. The van der Waals surface area contributed by atoms with Crippen LogP contribution in [0.4, 0.5) is 10.5 Å². The van der Waals surface area contributed by atoms with Crippen LogP contribution < -0.4 is 10.1 Å². The summed E-state index contributed by atoms with van der Waals surface area (Å²) in [5.74, 6) is 1.10. The van der Waals surface area contributed by atoms with Crippen molar-refractivity contribution in [3.05, 3.63) is 144 Å². The van der Waals surface area contributed by atoms with E-state index >= 15 is 0 Å². The van der Waals surface area contributed by atoms with Crippen molar-refractivity contribution in [1.82, 2.24) is 9.88 Å². The molecule has 0 saturated heterocycles. The Morgan fingerprint density at radius 1 is 0.714 bits per heavy atom. The van der Waals surface area contributed by atoms with E-state index in [-0.39, 0.29) is 12.0 Å². The molecule has 0 unspecified atom stereocenters. The third kappa shape index (κ3) is 7.61. The summed E-state index contributed by atoms with van der Waals surface area (Å²) in [4.78, 5) is 31.3. The highest BCUT2D eigenvalue weighted by atomic mass is 16.5. The number of nitrogens with one attached hydrogen (secondary N) is 1. The van der Waals surface area contributed by atoms with Crippen LogP contribution >= 0.6 is 0 Å². The number of amides is 2. The van der Waals surface area contributed by atoms with Gasteiger partial charge in [0.1, 0.15) is 11.5 Å². The Morgan fingerprint density at radius 3 is 2.00 bits per heavy atom. The topological polar surface area (TPSA) is 80.8 Å². The van der Waals surface area contributed by atoms with Gasteiger partial charge < -0.3 is 19.7 Å². The molecule has 0 saturated carbocycles. The van der Waals surface area contributed by atoms with Crippen LogP contribution in [-0.2, 0) is 17.8 Å². The molecular formula is C35H31N3O4. The summed E-state index contributed by atoms with van der Waals surface area (Å²) in [5, 5.41) is 3.01. The molecule has 0 radical (unpaired) electrons. The molecule has 0 aliphatic rings. The fourth-order valence-electron chi connectivity index (χ4n) is 4.38. The largest absolute Gasteiger partial charge is 0.462 e. The van der Waals surface area contributed by atoms with Gasteiger partial charge in [0.15, 0.2) is 0 Å². The molecule has 0 bridgehead atoms. The Morgan fingerprint density at radius 2 is 1.36 bits per heavy atom. The van der Waals surface area contributed by atoms with E-state index < -0.39 is 0 Å².